The standard InChI is InChI=1S/C26H39N3O8/c1-16(2)13-35-23(30)11-20-19-9-7-8-10-21(19)28(27-20)12-22(24(31)32)29(25(33)36-14-17(3)4)26(34)37-15-18(5)6/h7-10,16-18,22-23,30H,11-15H2,1-6H3,(H,31,32). The lowest BCUT2D eigenvalue weighted by Crippen LogP contribution is -2.51. The van der Waals surface area contributed by atoms with Gasteiger partial charge in [-0.05, 0) is 23.8 Å². The van der Waals surface area contributed by atoms with Gasteiger partial charge in [0, 0.05) is 11.8 Å². The highest BCUT2D eigenvalue weighted by Gasteiger charge is 2.38. The number of aliphatic hydroxyl groups excluding tert-OH is 1. The Morgan fingerprint density at radius 1 is 0.919 bits per heavy atom. The van der Waals surface area contributed by atoms with E-state index in [2.05, 4.69) is 5.10 Å². The van der Waals surface area contributed by atoms with Crippen LogP contribution in [0.25, 0.3) is 10.9 Å². The maximum absolute atomic E-state index is 12.9. The number of carbonyl (C=O) groups excluding carboxylic acids is 2. The van der Waals surface area contributed by atoms with Crippen molar-refractivity contribution in [3.63, 3.8) is 0 Å². The fourth-order valence-corrected chi connectivity index (χ4v) is 3.39. The van der Waals surface area contributed by atoms with E-state index in [9.17, 15) is 24.6 Å². The van der Waals surface area contributed by atoms with Gasteiger partial charge in [0.2, 0.25) is 0 Å². The molecule has 0 saturated carbocycles. The third kappa shape index (κ3) is 9.01. The van der Waals surface area contributed by atoms with Crippen molar-refractivity contribution in [2.75, 3.05) is 19.8 Å². The molecule has 1 aromatic carbocycles. The van der Waals surface area contributed by atoms with Crippen molar-refractivity contribution in [3.8, 4) is 0 Å². The predicted octanol–water partition coefficient (Wildman–Crippen LogP) is 3.91. The summed E-state index contributed by atoms with van der Waals surface area (Å²) in [6, 6.07) is 5.44. The fraction of sp³-hybridized carbons (Fsp3) is 0.615. The van der Waals surface area contributed by atoms with Gasteiger partial charge in [0.1, 0.15) is 0 Å². The third-order valence-corrected chi connectivity index (χ3v) is 5.14. The number of imide groups is 1. The van der Waals surface area contributed by atoms with Gasteiger partial charge >= 0.3 is 18.2 Å². The smallest absolute Gasteiger partial charge is 0.420 e. The number of aromatic nitrogens is 2. The van der Waals surface area contributed by atoms with Crippen molar-refractivity contribution >= 4 is 29.1 Å². The minimum atomic E-state index is -1.66. The molecule has 2 aromatic rings. The van der Waals surface area contributed by atoms with Crippen molar-refractivity contribution in [3.05, 3.63) is 30.0 Å². The number of aliphatic hydroxyl groups is 1. The zero-order chi connectivity index (χ0) is 27.7. The molecule has 1 heterocycles. The molecule has 0 aliphatic rings. The molecule has 11 nitrogen and oxygen atoms in total. The van der Waals surface area contributed by atoms with Crippen LogP contribution in [0.2, 0.25) is 0 Å². The van der Waals surface area contributed by atoms with Crippen molar-refractivity contribution in [1.82, 2.24) is 14.7 Å². The van der Waals surface area contributed by atoms with E-state index >= 15 is 0 Å². The number of carboxylic acids is 1. The Hall–Kier alpha value is -3.18. The molecule has 37 heavy (non-hydrogen) atoms. The minimum absolute atomic E-state index is 0.00223. The Morgan fingerprint density at radius 3 is 1.97 bits per heavy atom. The van der Waals surface area contributed by atoms with Crippen LogP contribution in [0.15, 0.2) is 24.3 Å². The van der Waals surface area contributed by atoms with E-state index in [-0.39, 0.29) is 43.9 Å². The van der Waals surface area contributed by atoms with E-state index in [4.69, 9.17) is 14.2 Å². The van der Waals surface area contributed by atoms with Gasteiger partial charge in [0.25, 0.3) is 0 Å². The molecule has 0 fully saturated rings. The van der Waals surface area contributed by atoms with Crippen molar-refractivity contribution in [2.24, 2.45) is 17.8 Å². The van der Waals surface area contributed by atoms with Crippen LogP contribution in [0.3, 0.4) is 0 Å². The maximum atomic E-state index is 12.9. The van der Waals surface area contributed by atoms with Gasteiger partial charge in [-0.2, -0.15) is 10.00 Å². The van der Waals surface area contributed by atoms with E-state index in [1.807, 2.05) is 41.5 Å². The molecule has 0 spiro atoms. The number of carbonyl (C=O) groups is 3. The van der Waals surface area contributed by atoms with Crippen LogP contribution in [0.5, 0.6) is 0 Å². The Labute approximate surface area is 217 Å². The Morgan fingerprint density at radius 2 is 1.46 bits per heavy atom. The molecule has 206 valence electrons. The second kappa shape index (κ2) is 13.9. The zero-order valence-corrected chi connectivity index (χ0v) is 22.4. The second-order valence-corrected chi connectivity index (χ2v) is 10.2. The number of ether oxygens (including phenoxy) is 3. The van der Waals surface area contributed by atoms with E-state index < -0.39 is 30.5 Å². The van der Waals surface area contributed by atoms with E-state index in [1.54, 1.807) is 24.3 Å². The van der Waals surface area contributed by atoms with Gasteiger partial charge in [-0.1, -0.05) is 59.7 Å². The molecular weight excluding hydrogens is 482 g/mol. The van der Waals surface area contributed by atoms with Crippen LogP contribution < -0.4 is 0 Å². The molecular formula is C26H39N3O8. The van der Waals surface area contributed by atoms with Crippen molar-refractivity contribution in [1.29, 1.82) is 0 Å². The fourth-order valence-electron chi connectivity index (χ4n) is 3.39. The number of fused-ring (bicyclic) bond motifs is 1. The Bertz CT molecular complexity index is 1030. The van der Waals surface area contributed by atoms with Crippen LogP contribution in [0, 0.1) is 17.8 Å². The molecule has 2 N–H and O–H groups in total. The van der Waals surface area contributed by atoms with Crippen LogP contribution in [-0.2, 0) is 32.0 Å². The highest BCUT2D eigenvalue weighted by molar-refractivity contribution is 5.93. The van der Waals surface area contributed by atoms with Crippen LogP contribution in [0.4, 0.5) is 9.59 Å². The first-order valence-corrected chi connectivity index (χ1v) is 12.5. The molecule has 0 radical (unpaired) electrons. The second-order valence-electron chi connectivity index (χ2n) is 10.2. The third-order valence-electron chi connectivity index (χ3n) is 5.14. The zero-order valence-electron chi connectivity index (χ0n) is 22.4. The summed E-state index contributed by atoms with van der Waals surface area (Å²) in [5.41, 5.74) is 1.07. The number of hydrogen-bond acceptors (Lipinski definition) is 8. The lowest BCUT2D eigenvalue weighted by Gasteiger charge is -2.26. The van der Waals surface area contributed by atoms with Gasteiger partial charge < -0.3 is 24.4 Å². The highest BCUT2D eigenvalue weighted by atomic mass is 16.6. The topological polar surface area (TPSA) is 140 Å². The molecule has 2 atom stereocenters. The number of carboxylic acid groups (broad SMARTS) is 1. The van der Waals surface area contributed by atoms with Gasteiger partial charge in [-0.3, -0.25) is 4.68 Å². The van der Waals surface area contributed by atoms with Crippen molar-refractivity contribution in [2.45, 2.75) is 66.8 Å². The number of rotatable bonds is 13. The predicted molar refractivity (Wildman–Crippen MR) is 136 cm³/mol. The summed E-state index contributed by atoms with van der Waals surface area (Å²) in [7, 11) is 0. The minimum Gasteiger partial charge on any atom is -0.480 e. The highest BCUT2D eigenvalue weighted by Crippen LogP contribution is 2.22. The lowest BCUT2D eigenvalue weighted by atomic mass is 10.1. The Balaban J connectivity index is 2.40. The molecule has 2 rings (SSSR count). The number of hydrogen-bond donors (Lipinski definition) is 2. The van der Waals surface area contributed by atoms with Crippen LogP contribution >= 0.6 is 0 Å². The normalized spacial score (nSPS) is 13.2. The summed E-state index contributed by atoms with van der Waals surface area (Å²) in [5, 5.41) is 25.6. The maximum Gasteiger partial charge on any atom is 0.420 e. The monoisotopic (exact) mass is 521 g/mol. The SMILES string of the molecule is CC(C)COC(=O)N(C(=O)OCC(C)C)C(Cn1nc(CC(O)OCC(C)C)c2ccccc21)C(=O)O. The first kappa shape index (κ1) is 30.0. The van der Waals surface area contributed by atoms with Crippen LogP contribution in [0.1, 0.15) is 47.2 Å². The van der Waals surface area contributed by atoms with E-state index in [0.29, 0.717) is 28.1 Å². The first-order chi connectivity index (χ1) is 17.4. The first-order valence-electron chi connectivity index (χ1n) is 12.5. The van der Waals surface area contributed by atoms with Gasteiger partial charge in [-0.15, -0.1) is 0 Å². The van der Waals surface area contributed by atoms with Crippen molar-refractivity contribution < 1.29 is 38.8 Å². The van der Waals surface area contributed by atoms with E-state index in [1.165, 1.54) is 4.68 Å². The molecule has 0 aliphatic heterocycles. The van der Waals surface area contributed by atoms with Gasteiger partial charge in [0.15, 0.2) is 12.3 Å². The summed E-state index contributed by atoms with van der Waals surface area (Å²) in [6.45, 7) is 11.2. The summed E-state index contributed by atoms with van der Waals surface area (Å²) >= 11 is 0. The van der Waals surface area contributed by atoms with E-state index in [0.717, 1.165) is 0 Å². The van der Waals surface area contributed by atoms with Gasteiger partial charge in [-0.25, -0.2) is 14.4 Å². The lowest BCUT2D eigenvalue weighted by molar-refractivity contribution is -0.143. The molecule has 0 aliphatic carbocycles. The summed E-state index contributed by atoms with van der Waals surface area (Å²) in [5.74, 6) is -1.24. The summed E-state index contributed by atoms with van der Waals surface area (Å²) in [6.07, 6.45) is -3.24. The number of nitrogens with zero attached hydrogens (tertiary/aromatic N) is 3. The molecule has 2 amide bonds. The van der Waals surface area contributed by atoms with Gasteiger partial charge in [0.05, 0.1) is 37.6 Å². The summed E-state index contributed by atoms with van der Waals surface area (Å²) in [4.78, 5) is 38.6. The molecule has 0 bridgehead atoms. The number of amides is 2. The average molecular weight is 522 g/mol. The quantitative estimate of drug-likeness (QED) is 0.375. The van der Waals surface area contributed by atoms with Crippen LogP contribution in [-0.4, -0.2) is 75.2 Å². The molecule has 0 saturated heterocycles. The number of para-hydroxylation sites is 1. The Kier molecular flexibility index (Phi) is 11.3. The molecule has 2 unspecified atom stereocenters. The molecule has 1 aromatic heterocycles. The molecule has 11 heteroatoms. The average Bonchev–Trinajstić information content (AvgIpc) is 3.16. The number of benzene rings is 1. The largest absolute Gasteiger partial charge is 0.480 e. The number of aliphatic carboxylic acids is 1. The summed E-state index contributed by atoms with van der Waals surface area (Å²) < 4.78 is 17.3.